The molecule has 0 fully saturated rings. The first-order valence-corrected chi connectivity index (χ1v) is 12.1. The molecular weight excluding hydrogens is 466 g/mol. The molecule has 34 heavy (non-hydrogen) atoms. The average molecular weight is 497 g/mol. The van der Waals surface area contributed by atoms with Gasteiger partial charge in [-0.2, -0.15) is 12.7 Å². The number of rotatable bonds is 11. The molecule has 1 N–H and O–H groups in total. The summed E-state index contributed by atoms with van der Waals surface area (Å²) < 4.78 is 55.5. The van der Waals surface area contributed by atoms with Crippen molar-refractivity contribution in [3.63, 3.8) is 0 Å². The van der Waals surface area contributed by atoms with E-state index in [1.807, 2.05) is 6.92 Å². The third-order valence-corrected chi connectivity index (χ3v) is 6.97. The lowest BCUT2D eigenvalue weighted by Crippen LogP contribution is -2.52. The van der Waals surface area contributed by atoms with Crippen molar-refractivity contribution >= 4 is 27.7 Å². The van der Waals surface area contributed by atoms with Crippen molar-refractivity contribution in [2.24, 2.45) is 0 Å². The van der Waals surface area contributed by atoms with Gasteiger partial charge in [0.25, 0.3) is 0 Å². The van der Waals surface area contributed by atoms with Crippen LogP contribution in [0.2, 0.25) is 0 Å². The molecule has 0 spiro atoms. The van der Waals surface area contributed by atoms with E-state index < -0.39 is 46.2 Å². The summed E-state index contributed by atoms with van der Waals surface area (Å²) in [6.07, 6.45) is 0.680. The van der Waals surface area contributed by atoms with Crippen molar-refractivity contribution < 1.29 is 26.8 Å². The number of hydrogen-bond donors (Lipinski definition) is 1. The number of anilines is 1. The molecule has 2 aromatic rings. The maximum atomic E-state index is 14.4. The van der Waals surface area contributed by atoms with E-state index in [9.17, 15) is 26.8 Å². The van der Waals surface area contributed by atoms with Gasteiger partial charge in [-0.25, -0.2) is 13.1 Å². The molecule has 1 atom stereocenters. The van der Waals surface area contributed by atoms with Gasteiger partial charge < -0.3 is 10.2 Å². The molecule has 2 rings (SSSR count). The average Bonchev–Trinajstić information content (AvgIpc) is 2.80. The number of nitrogens with one attached hydrogen (secondary N) is 1. The highest BCUT2D eigenvalue weighted by Gasteiger charge is 2.32. The van der Waals surface area contributed by atoms with Gasteiger partial charge in [-0.1, -0.05) is 25.1 Å². The molecule has 0 heterocycles. The molecule has 0 aliphatic heterocycles. The second-order valence-electron chi connectivity index (χ2n) is 7.85. The van der Waals surface area contributed by atoms with E-state index in [1.165, 1.54) is 51.4 Å². The fraction of sp³-hybridized carbons (Fsp3) is 0.391. The van der Waals surface area contributed by atoms with Crippen LogP contribution < -0.4 is 9.62 Å². The minimum absolute atomic E-state index is 0.0670. The van der Waals surface area contributed by atoms with Crippen LogP contribution in [0.4, 0.5) is 14.5 Å². The van der Waals surface area contributed by atoms with Crippen LogP contribution in [0.15, 0.2) is 48.5 Å². The SMILES string of the molecule is CCCNC(=O)[C@H](C)N(Cc1ccccc1F)C(=O)CN(c1ccc(F)cc1)S(=O)(=O)N(C)C. The lowest BCUT2D eigenvalue weighted by Gasteiger charge is -2.32. The number of carbonyl (C=O) groups excluding carboxylic acids is 2. The number of amides is 2. The van der Waals surface area contributed by atoms with Gasteiger partial charge in [-0.15, -0.1) is 0 Å². The third-order valence-electron chi connectivity index (χ3n) is 5.15. The number of hydrogen-bond acceptors (Lipinski definition) is 4. The largest absolute Gasteiger partial charge is 0.354 e. The van der Waals surface area contributed by atoms with Gasteiger partial charge in [-0.05, 0) is 43.7 Å². The Morgan fingerprint density at radius 2 is 1.65 bits per heavy atom. The van der Waals surface area contributed by atoms with E-state index >= 15 is 0 Å². The molecule has 0 aliphatic rings. The molecule has 0 aliphatic carbocycles. The van der Waals surface area contributed by atoms with E-state index in [1.54, 1.807) is 6.07 Å². The van der Waals surface area contributed by atoms with Crippen molar-refractivity contribution in [3.8, 4) is 0 Å². The zero-order valence-corrected chi connectivity index (χ0v) is 20.5. The van der Waals surface area contributed by atoms with Gasteiger partial charge in [0.2, 0.25) is 11.8 Å². The van der Waals surface area contributed by atoms with Crippen molar-refractivity contribution in [1.29, 1.82) is 0 Å². The van der Waals surface area contributed by atoms with Gasteiger partial charge in [0.15, 0.2) is 0 Å². The Kier molecular flexibility index (Phi) is 9.51. The van der Waals surface area contributed by atoms with Crippen LogP contribution in [0.25, 0.3) is 0 Å². The van der Waals surface area contributed by atoms with Crippen LogP contribution in [0, 0.1) is 11.6 Å². The lowest BCUT2D eigenvalue weighted by molar-refractivity contribution is -0.139. The molecular formula is C23H30F2N4O4S. The minimum Gasteiger partial charge on any atom is -0.354 e. The number of halogens is 2. The maximum Gasteiger partial charge on any atom is 0.304 e. The molecule has 186 valence electrons. The molecule has 2 aromatic carbocycles. The second kappa shape index (κ2) is 11.9. The molecule has 0 unspecified atom stereocenters. The molecule has 0 saturated heterocycles. The second-order valence-corrected chi connectivity index (χ2v) is 9.92. The van der Waals surface area contributed by atoms with E-state index in [-0.39, 0.29) is 17.8 Å². The standard InChI is InChI=1S/C23H30F2N4O4S/c1-5-14-26-23(31)17(2)28(15-18-8-6-7-9-21(18)25)22(30)16-29(34(32,33)27(3)4)20-12-10-19(24)11-13-20/h6-13,17H,5,14-16H2,1-4H3,(H,26,31)/t17-/m0/s1. The maximum absolute atomic E-state index is 14.4. The highest BCUT2D eigenvalue weighted by atomic mass is 32.2. The quantitative estimate of drug-likeness (QED) is 0.518. The number of carbonyl (C=O) groups is 2. The molecule has 11 heteroatoms. The summed E-state index contributed by atoms with van der Waals surface area (Å²) in [5, 5.41) is 2.70. The normalized spacial score (nSPS) is 12.3. The molecule has 0 radical (unpaired) electrons. The smallest absolute Gasteiger partial charge is 0.304 e. The first-order chi connectivity index (χ1) is 16.0. The topological polar surface area (TPSA) is 90.0 Å². The highest BCUT2D eigenvalue weighted by molar-refractivity contribution is 7.90. The predicted molar refractivity (Wildman–Crippen MR) is 126 cm³/mol. The highest BCUT2D eigenvalue weighted by Crippen LogP contribution is 2.21. The zero-order chi connectivity index (χ0) is 25.5. The Labute approximate surface area is 199 Å². The van der Waals surface area contributed by atoms with Crippen molar-refractivity contribution in [1.82, 2.24) is 14.5 Å². The van der Waals surface area contributed by atoms with E-state index in [0.717, 1.165) is 25.6 Å². The van der Waals surface area contributed by atoms with Crippen LogP contribution in [0.3, 0.4) is 0 Å². The number of benzene rings is 2. The summed E-state index contributed by atoms with van der Waals surface area (Å²) in [5.41, 5.74) is 0.243. The zero-order valence-electron chi connectivity index (χ0n) is 19.7. The van der Waals surface area contributed by atoms with Crippen LogP contribution in [0.5, 0.6) is 0 Å². The first-order valence-electron chi connectivity index (χ1n) is 10.7. The van der Waals surface area contributed by atoms with Crippen LogP contribution >= 0.6 is 0 Å². The van der Waals surface area contributed by atoms with Gasteiger partial charge in [0.1, 0.15) is 24.2 Å². The Bertz CT molecular complexity index is 1090. The Morgan fingerprint density at radius 3 is 2.21 bits per heavy atom. The van der Waals surface area contributed by atoms with Gasteiger partial charge >= 0.3 is 10.2 Å². The van der Waals surface area contributed by atoms with E-state index in [0.29, 0.717) is 13.0 Å². The summed E-state index contributed by atoms with van der Waals surface area (Å²) >= 11 is 0. The summed E-state index contributed by atoms with van der Waals surface area (Å²) in [4.78, 5) is 27.2. The van der Waals surface area contributed by atoms with Gasteiger partial charge in [-0.3, -0.25) is 9.59 Å². The summed E-state index contributed by atoms with van der Waals surface area (Å²) in [7, 11) is -1.55. The fourth-order valence-electron chi connectivity index (χ4n) is 3.11. The van der Waals surface area contributed by atoms with E-state index in [4.69, 9.17) is 0 Å². The van der Waals surface area contributed by atoms with Crippen LogP contribution in [0.1, 0.15) is 25.8 Å². The molecule has 0 saturated carbocycles. The van der Waals surface area contributed by atoms with Crippen LogP contribution in [-0.2, 0) is 26.3 Å². The fourth-order valence-corrected chi connectivity index (χ4v) is 4.17. The predicted octanol–water partition coefficient (Wildman–Crippen LogP) is 2.52. The molecule has 2 amide bonds. The Hall–Kier alpha value is -3.05. The third kappa shape index (κ3) is 6.73. The monoisotopic (exact) mass is 496 g/mol. The Balaban J connectivity index is 2.44. The van der Waals surface area contributed by atoms with Gasteiger partial charge in [0.05, 0.1) is 5.69 Å². The van der Waals surface area contributed by atoms with E-state index in [2.05, 4.69) is 5.32 Å². The molecule has 8 nitrogen and oxygen atoms in total. The summed E-state index contributed by atoms with van der Waals surface area (Å²) in [6, 6.07) is 9.46. The van der Waals surface area contributed by atoms with Crippen molar-refractivity contribution in [3.05, 3.63) is 65.7 Å². The van der Waals surface area contributed by atoms with Crippen molar-refractivity contribution in [2.45, 2.75) is 32.9 Å². The van der Waals surface area contributed by atoms with Gasteiger partial charge in [0, 0.05) is 32.7 Å². The lowest BCUT2D eigenvalue weighted by atomic mass is 10.1. The number of nitrogens with zero attached hydrogens (tertiary/aromatic N) is 3. The summed E-state index contributed by atoms with van der Waals surface area (Å²) in [5.74, 6) is -2.30. The van der Waals surface area contributed by atoms with Crippen molar-refractivity contribution in [2.75, 3.05) is 31.5 Å². The first kappa shape index (κ1) is 27.2. The Morgan fingerprint density at radius 1 is 1.03 bits per heavy atom. The molecule has 0 aromatic heterocycles. The molecule has 0 bridgehead atoms. The summed E-state index contributed by atoms with van der Waals surface area (Å²) in [6.45, 7) is 2.84. The minimum atomic E-state index is -4.15. The van der Waals surface area contributed by atoms with Crippen LogP contribution in [-0.4, -0.2) is 62.7 Å².